The van der Waals surface area contributed by atoms with E-state index in [-0.39, 0.29) is 10.8 Å². The molecular weight excluding hydrogens is 192 g/mol. The molecule has 0 nitrogen and oxygen atoms in total. The SMILES string of the molecule is C=C(C)C(C)(C)CC(C)(C)C(=C)CC.CC. The standard InChI is InChI=1S/C14H26.C2H6/c1-9-12(4)14(7,8)10-13(5,6)11(2)3;1-2/h2,4,9-10H2,1,3,5-8H3;1-2H3. The molecule has 0 rings (SSSR count). The van der Waals surface area contributed by atoms with Crippen LogP contribution in [-0.2, 0) is 0 Å². The first kappa shape index (κ1) is 17.9. The molecular formula is C16H32. The Morgan fingerprint density at radius 2 is 1.31 bits per heavy atom. The van der Waals surface area contributed by atoms with Crippen molar-refractivity contribution >= 4 is 0 Å². The Labute approximate surface area is 104 Å². The van der Waals surface area contributed by atoms with E-state index in [1.54, 1.807) is 0 Å². The average molecular weight is 224 g/mol. The molecule has 0 aliphatic heterocycles. The third kappa shape index (κ3) is 5.53. The topological polar surface area (TPSA) is 0 Å². The molecule has 0 bridgehead atoms. The van der Waals surface area contributed by atoms with Gasteiger partial charge in [0.25, 0.3) is 0 Å². The van der Waals surface area contributed by atoms with Gasteiger partial charge in [-0.1, -0.05) is 72.8 Å². The summed E-state index contributed by atoms with van der Waals surface area (Å²) in [6.07, 6.45) is 2.20. The van der Waals surface area contributed by atoms with Crippen LogP contribution in [0.5, 0.6) is 0 Å². The van der Waals surface area contributed by atoms with Gasteiger partial charge in [-0.2, -0.15) is 0 Å². The van der Waals surface area contributed by atoms with Gasteiger partial charge in [0.15, 0.2) is 0 Å². The number of rotatable bonds is 5. The lowest BCUT2D eigenvalue weighted by Gasteiger charge is -2.36. The maximum Gasteiger partial charge on any atom is -0.0139 e. The van der Waals surface area contributed by atoms with E-state index in [0.29, 0.717) is 0 Å². The van der Waals surface area contributed by atoms with Gasteiger partial charge in [0.1, 0.15) is 0 Å². The van der Waals surface area contributed by atoms with Gasteiger partial charge in [-0.25, -0.2) is 0 Å². The van der Waals surface area contributed by atoms with E-state index < -0.39 is 0 Å². The molecule has 0 aliphatic carbocycles. The minimum absolute atomic E-state index is 0.210. The van der Waals surface area contributed by atoms with Gasteiger partial charge in [0.2, 0.25) is 0 Å². The van der Waals surface area contributed by atoms with Crippen molar-refractivity contribution in [2.45, 2.75) is 68.2 Å². The minimum atomic E-state index is 0.210. The van der Waals surface area contributed by atoms with E-state index in [1.807, 2.05) is 13.8 Å². The van der Waals surface area contributed by atoms with Gasteiger partial charge in [-0.3, -0.25) is 0 Å². The first-order valence-electron chi connectivity index (χ1n) is 6.47. The largest absolute Gasteiger partial charge is 0.0996 e. The second kappa shape index (κ2) is 6.93. The van der Waals surface area contributed by atoms with Gasteiger partial charge < -0.3 is 0 Å². The maximum absolute atomic E-state index is 4.16. The number of hydrogen-bond donors (Lipinski definition) is 0. The van der Waals surface area contributed by atoms with E-state index >= 15 is 0 Å². The van der Waals surface area contributed by atoms with Crippen LogP contribution in [0.2, 0.25) is 0 Å². The third-order valence-electron chi connectivity index (χ3n) is 3.42. The fourth-order valence-corrected chi connectivity index (χ4v) is 1.86. The minimum Gasteiger partial charge on any atom is -0.0996 e. The fraction of sp³-hybridized carbons (Fsp3) is 0.750. The van der Waals surface area contributed by atoms with Crippen LogP contribution in [0, 0.1) is 10.8 Å². The molecule has 16 heavy (non-hydrogen) atoms. The predicted octanol–water partition coefficient (Wildman–Crippen LogP) is 6.00. The highest BCUT2D eigenvalue weighted by atomic mass is 14.3. The van der Waals surface area contributed by atoms with E-state index in [0.717, 1.165) is 12.8 Å². The van der Waals surface area contributed by atoms with Crippen molar-refractivity contribution in [3.05, 3.63) is 24.3 Å². The van der Waals surface area contributed by atoms with Crippen LogP contribution in [0.3, 0.4) is 0 Å². The van der Waals surface area contributed by atoms with E-state index in [1.165, 1.54) is 11.1 Å². The lowest BCUT2D eigenvalue weighted by Crippen LogP contribution is -2.25. The summed E-state index contributed by atoms with van der Waals surface area (Å²) >= 11 is 0. The summed E-state index contributed by atoms with van der Waals surface area (Å²) in [7, 11) is 0. The molecule has 0 saturated carbocycles. The van der Waals surface area contributed by atoms with Crippen molar-refractivity contribution in [1.82, 2.24) is 0 Å². The van der Waals surface area contributed by atoms with Gasteiger partial charge in [-0.15, -0.1) is 0 Å². The molecule has 0 aromatic heterocycles. The van der Waals surface area contributed by atoms with Gasteiger partial charge in [0.05, 0.1) is 0 Å². The molecule has 0 aromatic rings. The van der Waals surface area contributed by atoms with E-state index in [4.69, 9.17) is 0 Å². The van der Waals surface area contributed by atoms with Crippen molar-refractivity contribution in [3.63, 3.8) is 0 Å². The highest BCUT2D eigenvalue weighted by Gasteiger charge is 2.30. The molecule has 0 amide bonds. The van der Waals surface area contributed by atoms with Crippen LogP contribution >= 0.6 is 0 Å². The first-order valence-corrected chi connectivity index (χ1v) is 6.47. The Bertz CT molecular complexity index is 228. The van der Waals surface area contributed by atoms with Crippen molar-refractivity contribution < 1.29 is 0 Å². The summed E-state index contributed by atoms with van der Waals surface area (Å²) in [5.74, 6) is 0. The summed E-state index contributed by atoms with van der Waals surface area (Å²) in [5.41, 5.74) is 3.03. The molecule has 0 saturated heterocycles. The monoisotopic (exact) mass is 224 g/mol. The smallest absolute Gasteiger partial charge is 0.0139 e. The summed E-state index contributed by atoms with van der Waals surface area (Å²) in [6.45, 7) is 25.6. The molecule has 0 fully saturated rings. The highest BCUT2D eigenvalue weighted by Crippen LogP contribution is 2.42. The third-order valence-corrected chi connectivity index (χ3v) is 3.42. The lowest BCUT2D eigenvalue weighted by atomic mass is 9.68. The zero-order chi connectivity index (χ0) is 13.6. The molecule has 0 spiro atoms. The van der Waals surface area contributed by atoms with Gasteiger partial charge >= 0.3 is 0 Å². The van der Waals surface area contributed by atoms with E-state index in [2.05, 4.69) is 54.7 Å². The Hall–Kier alpha value is -0.520. The van der Waals surface area contributed by atoms with Gasteiger partial charge in [-0.05, 0) is 30.6 Å². The molecule has 0 N–H and O–H groups in total. The molecule has 0 atom stereocenters. The zero-order valence-corrected chi connectivity index (χ0v) is 12.8. The van der Waals surface area contributed by atoms with Crippen LogP contribution in [0.1, 0.15) is 68.2 Å². The Morgan fingerprint density at radius 3 is 1.56 bits per heavy atom. The predicted molar refractivity (Wildman–Crippen MR) is 77.8 cm³/mol. The van der Waals surface area contributed by atoms with Crippen LogP contribution in [0.4, 0.5) is 0 Å². The summed E-state index contributed by atoms with van der Waals surface area (Å²) in [4.78, 5) is 0. The second-order valence-corrected chi connectivity index (χ2v) is 5.68. The molecule has 0 unspecified atom stereocenters. The Kier molecular flexibility index (Phi) is 7.74. The molecule has 0 aliphatic rings. The first-order chi connectivity index (χ1) is 7.13. The Balaban J connectivity index is 0. The lowest BCUT2D eigenvalue weighted by molar-refractivity contribution is 0.264. The fourth-order valence-electron chi connectivity index (χ4n) is 1.86. The quantitative estimate of drug-likeness (QED) is 0.503. The number of allylic oxidation sites excluding steroid dienone is 2. The molecule has 0 radical (unpaired) electrons. The van der Waals surface area contributed by atoms with Gasteiger partial charge in [0, 0.05) is 0 Å². The van der Waals surface area contributed by atoms with Crippen molar-refractivity contribution in [3.8, 4) is 0 Å². The van der Waals surface area contributed by atoms with E-state index in [9.17, 15) is 0 Å². The molecule has 0 aromatic carbocycles. The highest BCUT2D eigenvalue weighted by molar-refractivity contribution is 5.12. The van der Waals surface area contributed by atoms with Crippen LogP contribution in [0.15, 0.2) is 24.3 Å². The summed E-state index contributed by atoms with van der Waals surface area (Å²) in [6, 6.07) is 0. The number of hydrogen-bond acceptors (Lipinski definition) is 0. The molecule has 0 heterocycles. The zero-order valence-electron chi connectivity index (χ0n) is 12.8. The average Bonchev–Trinajstić information content (AvgIpc) is 2.17. The summed E-state index contributed by atoms with van der Waals surface area (Å²) in [5, 5.41) is 0. The van der Waals surface area contributed by atoms with Crippen LogP contribution < -0.4 is 0 Å². The summed E-state index contributed by atoms with van der Waals surface area (Å²) < 4.78 is 0. The van der Waals surface area contributed by atoms with Crippen molar-refractivity contribution in [1.29, 1.82) is 0 Å². The van der Waals surface area contributed by atoms with Crippen molar-refractivity contribution in [2.24, 2.45) is 10.8 Å². The maximum atomic E-state index is 4.16. The second-order valence-electron chi connectivity index (χ2n) is 5.68. The molecule has 0 heteroatoms. The van der Waals surface area contributed by atoms with Crippen molar-refractivity contribution in [2.75, 3.05) is 0 Å². The molecule has 96 valence electrons. The Morgan fingerprint density at radius 1 is 0.938 bits per heavy atom. The van der Waals surface area contributed by atoms with Crippen LogP contribution in [0.25, 0.3) is 0 Å². The normalized spacial score (nSPS) is 11.5. The van der Waals surface area contributed by atoms with Crippen LogP contribution in [-0.4, -0.2) is 0 Å².